The minimum atomic E-state index is -0.239. The molecule has 0 aromatic heterocycles. The molecular weight excluding hydrogens is 440 g/mol. The van der Waals surface area contributed by atoms with Gasteiger partial charge < -0.3 is 4.74 Å². The smallest absolute Gasteiger partial charge is 0.312 e. The monoisotopic (exact) mass is 490 g/mol. The standard InChI is InChI=1S/C31H51ClO2/c1-26(2)15-17-31(25(33)34-8)18-16-29(6)20(21(31)19-26)9-10-23-28(5)13-12-24(32)27(3,4)22(28)11-14-30(23,29)7/h20-24H,9-19H2,1-8H3/t20-,21+,22+,23-,24-,28+,29-,30-,31+/m1/s1. The predicted octanol–water partition coefficient (Wildman–Crippen LogP) is 8.65. The van der Waals surface area contributed by atoms with Gasteiger partial charge in [-0.2, -0.15) is 0 Å². The Balaban J connectivity index is 1.54. The van der Waals surface area contributed by atoms with Crippen molar-refractivity contribution in [2.75, 3.05) is 7.11 Å². The highest BCUT2D eigenvalue weighted by atomic mass is 35.5. The molecule has 0 aromatic rings. The van der Waals surface area contributed by atoms with Crippen molar-refractivity contribution in [2.24, 2.45) is 56.2 Å². The summed E-state index contributed by atoms with van der Waals surface area (Å²) < 4.78 is 5.53. The highest BCUT2D eigenvalue weighted by Gasteiger charge is 2.71. The Labute approximate surface area is 214 Å². The Morgan fingerprint density at radius 2 is 1.41 bits per heavy atom. The molecule has 0 aromatic carbocycles. The number of rotatable bonds is 1. The molecule has 0 N–H and O–H groups in total. The molecule has 0 radical (unpaired) electrons. The van der Waals surface area contributed by atoms with Crippen LogP contribution in [0.15, 0.2) is 0 Å². The second kappa shape index (κ2) is 7.64. The molecule has 5 fully saturated rings. The summed E-state index contributed by atoms with van der Waals surface area (Å²) in [5.74, 6) is 2.70. The van der Waals surface area contributed by atoms with Crippen LogP contribution in [-0.4, -0.2) is 18.5 Å². The van der Waals surface area contributed by atoms with Gasteiger partial charge in [0.2, 0.25) is 0 Å². The fourth-order valence-electron chi connectivity index (χ4n) is 11.6. The minimum absolute atomic E-state index is 0.0974. The van der Waals surface area contributed by atoms with E-state index in [0.717, 1.165) is 37.5 Å². The molecule has 5 aliphatic carbocycles. The van der Waals surface area contributed by atoms with Crippen molar-refractivity contribution >= 4 is 17.6 Å². The highest BCUT2D eigenvalue weighted by Crippen LogP contribution is 2.77. The average molecular weight is 491 g/mol. The third-order valence-electron chi connectivity index (χ3n) is 13.7. The number of halogens is 1. The van der Waals surface area contributed by atoms with Crippen molar-refractivity contribution in [3.8, 4) is 0 Å². The molecule has 9 atom stereocenters. The van der Waals surface area contributed by atoms with Gasteiger partial charge in [-0.25, -0.2) is 0 Å². The van der Waals surface area contributed by atoms with Crippen LogP contribution in [0.5, 0.6) is 0 Å². The number of esters is 1. The first-order valence-corrected chi connectivity index (χ1v) is 14.8. The number of methoxy groups -OCH3 is 1. The van der Waals surface area contributed by atoms with E-state index in [9.17, 15) is 4.79 Å². The van der Waals surface area contributed by atoms with Crippen LogP contribution in [0.25, 0.3) is 0 Å². The lowest BCUT2D eigenvalue weighted by molar-refractivity contribution is -0.246. The number of carbonyl (C=O) groups excluding carboxylic acids is 1. The lowest BCUT2D eigenvalue weighted by Gasteiger charge is -2.73. The molecule has 194 valence electrons. The van der Waals surface area contributed by atoms with E-state index in [-0.39, 0.29) is 16.8 Å². The maximum absolute atomic E-state index is 13.4. The van der Waals surface area contributed by atoms with Gasteiger partial charge in [-0.15, -0.1) is 11.6 Å². The molecule has 0 aliphatic heterocycles. The van der Waals surface area contributed by atoms with Gasteiger partial charge in [0.15, 0.2) is 0 Å². The predicted molar refractivity (Wildman–Crippen MR) is 141 cm³/mol. The second-order valence-corrected chi connectivity index (χ2v) is 16.1. The molecule has 0 heterocycles. The van der Waals surface area contributed by atoms with Crippen LogP contribution >= 0.6 is 11.6 Å². The van der Waals surface area contributed by atoms with Gasteiger partial charge >= 0.3 is 5.97 Å². The summed E-state index contributed by atoms with van der Waals surface area (Å²) in [6, 6.07) is 0. The molecule has 5 aliphatic rings. The fourth-order valence-corrected chi connectivity index (χ4v) is 11.8. The normalized spacial score (nSPS) is 53.5. The van der Waals surface area contributed by atoms with E-state index in [1.54, 1.807) is 7.11 Å². The molecule has 0 unspecified atom stereocenters. The quantitative estimate of drug-likeness (QED) is 0.271. The maximum atomic E-state index is 13.4. The molecule has 2 nitrogen and oxygen atoms in total. The third kappa shape index (κ3) is 3.08. The van der Waals surface area contributed by atoms with E-state index in [2.05, 4.69) is 48.5 Å². The first-order chi connectivity index (χ1) is 15.7. The van der Waals surface area contributed by atoms with Crippen LogP contribution < -0.4 is 0 Å². The molecule has 3 heteroatoms. The highest BCUT2D eigenvalue weighted by molar-refractivity contribution is 6.21. The van der Waals surface area contributed by atoms with Gasteiger partial charge in [0.05, 0.1) is 12.5 Å². The minimum Gasteiger partial charge on any atom is -0.469 e. The maximum Gasteiger partial charge on any atom is 0.312 e. The van der Waals surface area contributed by atoms with Crippen molar-refractivity contribution in [1.82, 2.24) is 0 Å². The number of hydrogen-bond donors (Lipinski definition) is 0. The van der Waals surface area contributed by atoms with E-state index in [1.807, 2.05) is 0 Å². The van der Waals surface area contributed by atoms with E-state index >= 15 is 0 Å². The summed E-state index contributed by atoms with van der Waals surface area (Å²) in [5, 5.41) is 0.307. The Kier molecular flexibility index (Phi) is 5.71. The van der Waals surface area contributed by atoms with Crippen LogP contribution in [0, 0.1) is 56.2 Å². The average Bonchev–Trinajstić information content (AvgIpc) is 2.76. The van der Waals surface area contributed by atoms with Crippen molar-refractivity contribution in [1.29, 1.82) is 0 Å². The summed E-state index contributed by atoms with van der Waals surface area (Å²) in [7, 11) is 1.62. The molecule has 0 amide bonds. The number of hydrogen-bond acceptors (Lipinski definition) is 2. The van der Waals surface area contributed by atoms with Crippen LogP contribution in [0.4, 0.5) is 0 Å². The third-order valence-corrected chi connectivity index (χ3v) is 14.5. The van der Waals surface area contributed by atoms with Gasteiger partial charge in [0.25, 0.3) is 0 Å². The summed E-state index contributed by atoms with van der Waals surface area (Å²) in [4.78, 5) is 13.4. The summed E-state index contributed by atoms with van der Waals surface area (Å²) in [6.45, 7) is 17.8. The van der Waals surface area contributed by atoms with Crippen molar-refractivity contribution in [3.05, 3.63) is 0 Å². The zero-order valence-electron chi connectivity index (χ0n) is 23.4. The first-order valence-electron chi connectivity index (χ1n) is 14.4. The van der Waals surface area contributed by atoms with Gasteiger partial charge in [-0.05, 0) is 121 Å². The summed E-state index contributed by atoms with van der Waals surface area (Å²) in [5.41, 5.74) is 1.34. The van der Waals surface area contributed by atoms with E-state index < -0.39 is 0 Å². The van der Waals surface area contributed by atoms with Crippen molar-refractivity contribution in [3.63, 3.8) is 0 Å². The Morgan fingerprint density at radius 1 is 0.735 bits per heavy atom. The van der Waals surface area contributed by atoms with Gasteiger partial charge in [-0.3, -0.25) is 4.79 Å². The fraction of sp³-hybridized carbons (Fsp3) is 0.968. The first kappa shape index (κ1) is 25.4. The molecule has 5 rings (SSSR count). The van der Waals surface area contributed by atoms with Crippen molar-refractivity contribution < 1.29 is 9.53 Å². The molecular formula is C31H51ClO2. The Morgan fingerprint density at radius 3 is 2.09 bits per heavy atom. The second-order valence-electron chi connectivity index (χ2n) is 15.6. The SMILES string of the molecule is COC(=O)[C@]12CCC(C)(C)C[C@H]1[C@H]1CC[C@@H]3[C@@]4(C)CC[C@@H](Cl)C(C)(C)[C@@H]4CC[C@@]3(C)[C@]1(C)CC2. The zero-order valence-corrected chi connectivity index (χ0v) is 24.1. The zero-order chi connectivity index (χ0) is 24.9. The Hall–Kier alpha value is -0.240. The van der Waals surface area contributed by atoms with Crippen LogP contribution in [-0.2, 0) is 9.53 Å². The number of ether oxygens (including phenoxy) is 1. The number of carbonyl (C=O) groups is 1. The molecule has 0 saturated heterocycles. The van der Waals surface area contributed by atoms with E-state index in [0.29, 0.717) is 38.9 Å². The van der Waals surface area contributed by atoms with Crippen LogP contribution in [0.3, 0.4) is 0 Å². The van der Waals surface area contributed by atoms with Gasteiger partial charge in [0.1, 0.15) is 0 Å². The summed E-state index contributed by atoms with van der Waals surface area (Å²) in [6.07, 6.45) is 13.3. The van der Waals surface area contributed by atoms with Gasteiger partial charge in [0, 0.05) is 5.38 Å². The lowest BCUT2D eigenvalue weighted by Crippen LogP contribution is -2.67. The molecule has 5 saturated carbocycles. The number of fused-ring (bicyclic) bond motifs is 7. The van der Waals surface area contributed by atoms with Gasteiger partial charge in [-0.1, -0.05) is 48.5 Å². The van der Waals surface area contributed by atoms with Crippen LogP contribution in [0.1, 0.15) is 119 Å². The topological polar surface area (TPSA) is 26.3 Å². The molecule has 34 heavy (non-hydrogen) atoms. The van der Waals surface area contributed by atoms with Crippen molar-refractivity contribution in [2.45, 2.75) is 124 Å². The lowest BCUT2D eigenvalue weighted by atomic mass is 9.31. The van der Waals surface area contributed by atoms with Crippen LogP contribution in [0.2, 0.25) is 0 Å². The van der Waals surface area contributed by atoms with E-state index in [1.165, 1.54) is 44.9 Å². The van der Waals surface area contributed by atoms with E-state index in [4.69, 9.17) is 16.3 Å². The molecule has 0 bridgehead atoms. The summed E-state index contributed by atoms with van der Waals surface area (Å²) >= 11 is 6.96. The largest absolute Gasteiger partial charge is 0.469 e. The number of alkyl halides is 1. The Bertz CT molecular complexity index is 848. The molecule has 0 spiro atoms.